The lowest BCUT2D eigenvalue weighted by atomic mass is 10.1. The Bertz CT molecular complexity index is 292. The summed E-state index contributed by atoms with van der Waals surface area (Å²) >= 11 is 2.14. The molecular formula is C10H11IO. The molecule has 0 amide bonds. The summed E-state index contributed by atoms with van der Waals surface area (Å²) in [5.74, 6) is 1.32. The Hall–Kier alpha value is -0.250. The molecule has 1 N–H and O–H groups in total. The molecule has 1 aliphatic rings. The zero-order chi connectivity index (χ0) is 8.55. The average molecular weight is 274 g/mol. The second-order valence-corrected chi connectivity index (χ2v) is 4.60. The highest BCUT2D eigenvalue weighted by atomic mass is 127. The van der Waals surface area contributed by atoms with E-state index >= 15 is 0 Å². The molecule has 0 atom stereocenters. The van der Waals surface area contributed by atoms with Crippen molar-refractivity contribution in [3.05, 3.63) is 27.3 Å². The van der Waals surface area contributed by atoms with Gasteiger partial charge in [0.2, 0.25) is 0 Å². The van der Waals surface area contributed by atoms with Crippen LogP contribution in [0.15, 0.2) is 18.2 Å². The second kappa shape index (κ2) is 3.24. The molecule has 2 rings (SSSR count). The molecular weight excluding hydrogens is 263 g/mol. The molecule has 0 bridgehead atoms. The molecule has 0 heterocycles. The maximum Gasteiger partial charge on any atom is 0.129 e. The highest BCUT2D eigenvalue weighted by molar-refractivity contribution is 14.1. The van der Waals surface area contributed by atoms with E-state index in [1.165, 1.54) is 18.4 Å². The lowest BCUT2D eigenvalue weighted by Gasteiger charge is -2.01. The zero-order valence-electron chi connectivity index (χ0n) is 6.76. The van der Waals surface area contributed by atoms with Gasteiger partial charge in [-0.2, -0.15) is 0 Å². The standard InChI is InChI=1S/C10H11IO/c11-9-4-3-8(6-10(9)12)5-7-1-2-7/h3-4,6-7,12H,1-2,5H2. The van der Waals surface area contributed by atoms with E-state index in [-0.39, 0.29) is 0 Å². The lowest BCUT2D eigenvalue weighted by Crippen LogP contribution is -1.86. The van der Waals surface area contributed by atoms with E-state index in [4.69, 9.17) is 0 Å². The fourth-order valence-corrected chi connectivity index (χ4v) is 1.68. The molecule has 0 aromatic heterocycles. The van der Waals surface area contributed by atoms with E-state index in [1.54, 1.807) is 0 Å². The highest BCUT2D eigenvalue weighted by Gasteiger charge is 2.21. The predicted octanol–water partition coefficient (Wildman–Crippen LogP) is 2.95. The van der Waals surface area contributed by atoms with Crippen molar-refractivity contribution in [3.63, 3.8) is 0 Å². The summed E-state index contributed by atoms with van der Waals surface area (Å²) in [4.78, 5) is 0. The van der Waals surface area contributed by atoms with Crippen LogP contribution in [0.25, 0.3) is 0 Å². The molecule has 2 heteroatoms. The summed E-state index contributed by atoms with van der Waals surface area (Å²) in [5, 5.41) is 9.43. The highest BCUT2D eigenvalue weighted by Crippen LogP contribution is 2.33. The number of benzene rings is 1. The summed E-state index contributed by atoms with van der Waals surface area (Å²) in [6, 6.07) is 5.98. The number of hydrogen-bond acceptors (Lipinski definition) is 1. The number of phenolic OH excluding ortho intramolecular Hbond substituents is 1. The predicted molar refractivity (Wildman–Crippen MR) is 57.3 cm³/mol. The van der Waals surface area contributed by atoms with Gasteiger partial charge in [0.15, 0.2) is 0 Å². The third-order valence-electron chi connectivity index (χ3n) is 2.23. The van der Waals surface area contributed by atoms with Crippen LogP contribution in [0.4, 0.5) is 0 Å². The quantitative estimate of drug-likeness (QED) is 0.822. The molecule has 1 aliphatic carbocycles. The Morgan fingerprint density at radius 1 is 1.42 bits per heavy atom. The molecule has 1 aromatic rings. The number of rotatable bonds is 2. The van der Waals surface area contributed by atoms with E-state index in [0.717, 1.165) is 15.9 Å². The smallest absolute Gasteiger partial charge is 0.129 e. The van der Waals surface area contributed by atoms with Crippen molar-refractivity contribution >= 4 is 22.6 Å². The topological polar surface area (TPSA) is 20.2 Å². The van der Waals surface area contributed by atoms with Crippen LogP contribution in [0, 0.1) is 9.49 Å². The largest absolute Gasteiger partial charge is 0.507 e. The van der Waals surface area contributed by atoms with Crippen LogP contribution < -0.4 is 0 Å². The van der Waals surface area contributed by atoms with Crippen LogP contribution in [-0.2, 0) is 6.42 Å². The first-order valence-electron chi connectivity index (χ1n) is 4.23. The number of hydrogen-bond donors (Lipinski definition) is 1. The van der Waals surface area contributed by atoms with Crippen molar-refractivity contribution in [2.24, 2.45) is 5.92 Å². The number of aromatic hydroxyl groups is 1. The molecule has 12 heavy (non-hydrogen) atoms. The van der Waals surface area contributed by atoms with Crippen molar-refractivity contribution in [1.82, 2.24) is 0 Å². The van der Waals surface area contributed by atoms with Crippen molar-refractivity contribution < 1.29 is 5.11 Å². The van der Waals surface area contributed by atoms with Gasteiger partial charge >= 0.3 is 0 Å². The summed E-state index contributed by atoms with van der Waals surface area (Å²) in [6.07, 6.45) is 3.88. The molecule has 64 valence electrons. The van der Waals surface area contributed by atoms with Gasteiger partial charge in [-0.1, -0.05) is 6.07 Å². The Balaban J connectivity index is 2.15. The SMILES string of the molecule is Oc1cc(CC2CC2)ccc1I. The van der Waals surface area contributed by atoms with Crippen LogP contribution in [0.3, 0.4) is 0 Å². The van der Waals surface area contributed by atoms with Gasteiger partial charge in [0, 0.05) is 0 Å². The van der Waals surface area contributed by atoms with Crippen LogP contribution in [0.1, 0.15) is 18.4 Å². The molecule has 1 nitrogen and oxygen atoms in total. The van der Waals surface area contributed by atoms with Gasteiger partial charge in [-0.05, 0) is 65.5 Å². The van der Waals surface area contributed by atoms with Gasteiger partial charge in [-0.3, -0.25) is 0 Å². The van der Waals surface area contributed by atoms with Crippen LogP contribution in [0.5, 0.6) is 5.75 Å². The Labute approximate surface area is 85.9 Å². The lowest BCUT2D eigenvalue weighted by molar-refractivity contribution is 0.470. The van der Waals surface area contributed by atoms with Crippen LogP contribution in [0.2, 0.25) is 0 Å². The van der Waals surface area contributed by atoms with Gasteiger partial charge in [0.05, 0.1) is 3.57 Å². The summed E-state index contributed by atoms with van der Waals surface area (Å²) < 4.78 is 0.937. The third kappa shape index (κ3) is 1.91. The molecule has 0 spiro atoms. The molecule has 0 radical (unpaired) electrons. The van der Waals surface area contributed by atoms with Crippen molar-refractivity contribution in [3.8, 4) is 5.75 Å². The monoisotopic (exact) mass is 274 g/mol. The third-order valence-corrected chi connectivity index (χ3v) is 3.14. The summed E-state index contributed by atoms with van der Waals surface area (Å²) in [7, 11) is 0. The minimum absolute atomic E-state index is 0.425. The number of phenols is 1. The Kier molecular flexibility index (Phi) is 2.26. The van der Waals surface area contributed by atoms with Gasteiger partial charge in [-0.25, -0.2) is 0 Å². The van der Waals surface area contributed by atoms with Crippen molar-refractivity contribution in [2.45, 2.75) is 19.3 Å². The zero-order valence-corrected chi connectivity index (χ0v) is 8.91. The van der Waals surface area contributed by atoms with E-state index in [1.807, 2.05) is 12.1 Å². The average Bonchev–Trinajstić information content (AvgIpc) is 2.81. The first-order chi connectivity index (χ1) is 5.75. The Morgan fingerprint density at radius 2 is 2.17 bits per heavy atom. The van der Waals surface area contributed by atoms with Gasteiger partial charge in [0.1, 0.15) is 5.75 Å². The fraction of sp³-hybridized carbons (Fsp3) is 0.400. The maximum absolute atomic E-state index is 9.43. The van der Waals surface area contributed by atoms with Gasteiger partial charge < -0.3 is 5.11 Å². The van der Waals surface area contributed by atoms with E-state index in [0.29, 0.717) is 5.75 Å². The second-order valence-electron chi connectivity index (χ2n) is 3.43. The molecule has 1 aromatic carbocycles. The first kappa shape index (κ1) is 8.35. The minimum atomic E-state index is 0.425. The van der Waals surface area contributed by atoms with Gasteiger partial charge in [-0.15, -0.1) is 0 Å². The van der Waals surface area contributed by atoms with Crippen LogP contribution in [-0.4, -0.2) is 5.11 Å². The molecule has 0 unspecified atom stereocenters. The normalized spacial score (nSPS) is 16.4. The first-order valence-corrected chi connectivity index (χ1v) is 5.31. The Morgan fingerprint density at radius 3 is 2.75 bits per heavy atom. The molecule has 0 aliphatic heterocycles. The van der Waals surface area contributed by atoms with E-state index < -0.39 is 0 Å². The van der Waals surface area contributed by atoms with E-state index in [2.05, 4.69) is 28.7 Å². The fourth-order valence-electron chi connectivity index (χ4n) is 1.34. The number of halogens is 1. The molecule has 0 saturated heterocycles. The van der Waals surface area contributed by atoms with Crippen molar-refractivity contribution in [1.29, 1.82) is 0 Å². The maximum atomic E-state index is 9.43. The molecule has 1 fully saturated rings. The van der Waals surface area contributed by atoms with Crippen LogP contribution >= 0.6 is 22.6 Å². The summed E-state index contributed by atoms with van der Waals surface area (Å²) in [6.45, 7) is 0. The van der Waals surface area contributed by atoms with Crippen molar-refractivity contribution in [2.75, 3.05) is 0 Å². The summed E-state index contributed by atoms with van der Waals surface area (Å²) in [5.41, 5.74) is 1.27. The minimum Gasteiger partial charge on any atom is -0.507 e. The van der Waals surface area contributed by atoms with Gasteiger partial charge in [0.25, 0.3) is 0 Å². The van der Waals surface area contributed by atoms with E-state index in [9.17, 15) is 5.11 Å². The molecule has 1 saturated carbocycles.